The Balaban J connectivity index is 0.000000410. The Morgan fingerprint density at radius 2 is 0.702 bits per heavy atom. The van der Waals surface area contributed by atoms with E-state index in [1.807, 2.05) is 0 Å². The van der Waals surface area contributed by atoms with Gasteiger partial charge in [0.2, 0.25) is 0 Å². The van der Waals surface area contributed by atoms with Crippen LogP contribution in [0.3, 0.4) is 0 Å². The predicted molar refractivity (Wildman–Crippen MR) is 243 cm³/mol. The third-order valence-corrected chi connectivity index (χ3v) is 30.2. The van der Waals surface area contributed by atoms with E-state index in [-0.39, 0.29) is 22.2 Å². The maximum Gasteiger partial charge on any atom is 0.523 e. The first-order valence-electron chi connectivity index (χ1n) is 17.8. The van der Waals surface area contributed by atoms with Crippen molar-refractivity contribution < 1.29 is 42.3 Å². The van der Waals surface area contributed by atoms with Gasteiger partial charge in [-0.25, -0.2) is 3.97 Å². The Morgan fingerprint density at radius 3 is 0.877 bits per heavy atom. The smallest absolute Gasteiger partial charge is 0.229 e. The van der Waals surface area contributed by atoms with Crippen molar-refractivity contribution in [1.29, 1.82) is 0 Å². The molecule has 0 atom stereocenters. The molecule has 0 N–H and O–H groups in total. The van der Waals surface area contributed by atoms with Gasteiger partial charge in [-0.2, -0.15) is 21.6 Å². The minimum atomic E-state index is -5.36. The zero-order chi connectivity index (χ0) is 39.7. The van der Waals surface area contributed by atoms with Crippen LogP contribution < -0.4 is 31.8 Å². The number of rotatable bonds is 14. The fourth-order valence-corrected chi connectivity index (χ4v) is 25.2. The molecule has 57 heavy (non-hydrogen) atoms. The summed E-state index contributed by atoms with van der Waals surface area (Å²) in [5, 5.41) is 8.79. The van der Waals surface area contributed by atoms with Crippen molar-refractivity contribution in [2.45, 2.75) is 12.4 Å². The molecule has 0 spiro atoms. The van der Waals surface area contributed by atoms with Gasteiger partial charge < -0.3 is 0 Å². The largest absolute Gasteiger partial charge is 0.523 e. The second-order valence-corrected chi connectivity index (χ2v) is 34.0. The zero-order valence-corrected chi connectivity index (χ0v) is 38.4. The van der Waals surface area contributed by atoms with E-state index in [0.29, 0.717) is 15.1 Å². The molecular weight excluding hydrogens is 898 g/mol. The molecule has 0 bridgehead atoms. The van der Waals surface area contributed by atoms with Crippen molar-refractivity contribution >= 4 is 87.7 Å². The Hall–Kier alpha value is -2.15. The summed E-state index contributed by atoms with van der Waals surface area (Å²) in [6, 6.07) is 67.7. The quantitative estimate of drug-likeness (QED) is 0.0807. The summed E-state index contributed by atoms with van der Waals surface area (Å²) in [7, 11) is -5.71. The fourth-order valence-electron chi connectivity index (χ4n) is 6.25. The molecule has 1 heterocycles. The van der Waals surface area contributed by atoms with Gasteiger partial charge in [0.25, 0.3) is 0 Å². The molecule has 0 aromatic heterocycles. The van der Waals surface area contributed by atoms with E-state index in [1.54, 1.807) is 0 Å². The van der Waals surface area contributed by atoms with E-state index in [4.69, 9.17) is 0 Å². The minimum Gasteiger partial charge on any atom is -0.229 e. The predicted octanol–water partition coefficient (Wildman–Crippen LogP) is 11.5. The van der Waals surface area contributed by atoms with E-state index < -0.39 is 46.3 Å². The molecule has 0 aliphatic carbocycles. The van der Waals surface area contributed by atoms with Crippen molar-refractivity contribution in [3.8, 4) is 0 Å². The number of alkyl halides is 3. The molecule has 3 nitrogen and oxygen atoms in total. The first-order chi connectivity index (χ1) is 26.8. The van der Waals surface area contributed by atoms with Crippen LogP contribution in [0.4, 0.5) is 13.2 Å². The summed E-state index contributed by atoms with van der Waals surface area (Å²) < 4.78 is 59.9. The van der Waals surface area contributed by atoms with Gasteiger partial charge in [0.05, 0.1) is 0 Å². The van der Waals surface area contributed by atoms with Crippen LogP contribution in [0.15, 0.2) is 182 Å². The van der Waals surface area contributed by atoms with Crippen molar-refractivity contribution in [2.75, 3.05) is 25.2 Å². The number of hydrogen-bond acceptors (Lipinski definition) is 3. The van der Waals surface area contributed by atoms with Gasteiger partial charge in [-0.15, -0.1) is 0 Å². The van der Waals surface area contributed by atoms with Gasteiger partial charge in [0, 0.05) is 16.8 Å². The Bertz CT molecular complexity index is 1930. The van der Waals surface area contributed by atoms with Crippen LogP contribution in [0.1, 0.15) is 6.92 Å². The van der Waals surface area contributed by atoms with Crippen LogP contribution in [0.25, 0.3) is 0 Å². The van der Waals surface area contributed by atoms with Crippen LogP contribution in [0.5, 0.6) is 0 Å². The maximum atomic E-state index is 11.7. The van der Waals surface area contributed by atoms with Crippen LogP contribution in [-0.4, -0.2) is 39.1 Å². The van der Waals surface area contributed by atoms with Gasteiger partial charge in [0.15, 0.2) is 0 Å². The molecule has 0 saturated heterocycles. The number of benzene rings is 6. The van der Waals surface area contributed by atoms with E-state index in [1.165, 1.54) is 38.5 Å². The summed E-state index contributed by atoms with van der Waals surface area (Å²) in [6.45, 7) is 1.78. The topological polar surface area (TPSA) is 43.4 Å². The van der Waals surface area contributed by atoms with Crippen molar-refractivity contribution in [1.82, 2.24) is 0 Å². The average molecular weight is 941 g/mol. The van der Waals surface area contributed by atoms with Gasteiger partial charge in [-0.05, 0) is 101 Å². The van der Waals surface area contributed by atoms with Gasteiger partial charge in [-0.3, -0.25) is 0 Å². The minimum absolute atomic E-state index is 0. The van der Waals surface area contributed by atoms with E-state index in [2.05, 4.69) is 193 Å². The normalized spacial score (nSPS) is 15.7. The fraction of sp³-hybridized carbons (Fsp3) is 0.163. The third-order valence-electron chi connectivity index (χ3n) is 8.89. The summed E-state index contributed by atoms with van der Waals surface area (Å²) in [5.41, 5.74) is -5.21. The molecule has 1 aliphatic rings. The van der Waals surface area contributed by atoms with Crippen LogP contribution in [0, 0.1) is 5.41 Å². The van der Waals surface area contributed by atoms with Crippen LogP contribution >= 0.6 is 45.7 Å². The Labute approximate surface area is 352 Å². The SMILES string of the molecule is CC(CP(c1ccccc1)c1ccccc1)(CP(c1ccccc1)c1ccccc1)CP(c1ccccc1)c1ccccc1.C[P]1(OS(=O)(=O)C(F)(F)F)P=P1.[Co]. The zero-order valence-electron chi connectivity index (χ0n) is 31.2. The summed E-state index contributed by atoms with van der Waals surface area (Å²) in [6.07, 6.45) is 3.44. The molecule has 6 aromatic carbocycles. The molecule has 7 rings (SSSR count). The van der Waals surface area contributed by atoms with Gasteiger partial charge >= 0.3 is 15.6 Å². The average Bonchev–Trinajstić information content (AvgIpc) is 3.95. The summed E-state index contributed by atoms with van der Waals surface area (Å²) in [4.78, 5) is 0. The molecule has 0 amide bonds. The molecule has 0 saturated carbocycles. The van der Waals surface area contributed by atoms with Gasteiger partial charge in [0.1, 0.15) is 6.87 Å². The van der Waals surface area contributed by atoms with Gasteiger partial charge in [-0.1, -0.05) is 189 Å². The van der Waals surface area contributed by atoms with Crippen molar-refractivity contribution in [3.05, 3.63) is 182 Å². The van der Waals surface area contributed by atoms with E-state index >= 15 is 0 Å². The van der Waals surface area contributed by atoms with Crippen molar-refractivity contribution in [3.63, 3.8) is 0 Å². The molecule has 0 unspecified atom stereocenters. The molecule has 6 aromatic rings. The van der Waals surface area contributed by atoms with E-state index in [9.17, 15) is 21.6 Å². The summed E-state index contributed by atoms with van der Waals surface area (Å²) in [5.74, 6) is 0. The number of hydrogen-bond donors (Lipinski definition) is 0. The monoisotopic (exact) mass is 940 g/mol. The molecule has 2 radical (unpaired) electrons. The first-order valence-corrected chi connectivity index (χ1v) is 29.9. The number of halogens is 3. The third kappa shape index (κ3) is 13.2. The van der Waals surface area contributed by atoms with Crippen LogP contribution in [0.2, 0.25) is 0 Å². The summed E-state index contributed by atoms with van der Waals surface area (Å²) >= 11 is 0. The molecule has 14 heteroatoms. The van der Waals surface area contributed by atoms with Crippen LogP contribution in [-0.2, 0) is 30.9 Å². The molecule has 1 aliphatic heterocycles. The molecular formula is C43H42CoF3O3P6S. The second-order valence-electron chi connectivity index (χ2n) is 13.6. The molecule has 0 fully saturated rings. The van der Waals surface area contributed by atoms with E-state index in [0.717, 1.165) is 18.5 Å². The van der Waals surface area contributed by atoms with Crippen molar-refractivity contribution in [2.24, 2.45) is 5.41 Å². The molecule has 298 valence electrons. The second kappa shape index (κ2) is 20.9. The first kappa shape index (κ1) is 45.9. The Morgan fingerprint density at radius 1 is 0.491 bits per heavy atom. The standard InChI is InChI=1S/C41H39P3.C2H3F3O3P3S.Co/c1-41(32-42(35-20-8-2-9-21-35)36-22-10-3-11-23-36,33-43(37-24-12-4-13-25-37)38-26-14-5-15-27-38)34-44(39-28-16-6-17-29-39)40-30-18-7-19-31-40;1-11(9-10-11)8-12(6,7)2(3,4)5;/h2-31H,32-34H2,1H3;1H3;. The maximum absolute atomic E-state index is 11.7. The Kier molecular flexibility index (Phi) is 16.8.